The predicted molar refractivity (Wildman–Crippen MR) is 124 cm³/mol. The summed E-state index contributed by atoms with van der Waals surface area (Å²) in [5, 5.41) is 7.81. The van der Waals surface area contributed by atoms with Gasteiger partial charge in [-0.15, -0.1) is 35.3 Å². The number of aryl methyl sites for hydroxylation is 2. The third kappa shape index (κ3) is 8.00. The standard InChI is InChI=1S/C19H29N5OS.HI/c1-5-6-12-25-18-16(8-7-10-21-18)13-23-19(20-4)22-11-9-17-24-14(2)15(3)26-17;/h7-8,10H,5-6,9,11-13H2,1-4H3,(H2,20,22,23);1H. The van der Waals surface area contributed by atoms with Gasteiger partial charge in [0.1, 0.15) is 0 Å². The number of pyridine rings is 1. The first-order valence-electron chi connectivity index (χ1n) is 9.08. The molecule has 0 saturated heterocycles. The summed E-state index contributed by atoms with van der Waals surface area (Å²) >= 11 is 1.76. The third-order valence-corrected chi connectivity index (χ3v) is 5.09. The summed E-state index contributed by atoms with van der Waals surface area (Å²) in [6.45, 7) is 8.41. The number of thiazole rings is 1. The van der Waals surface area contributed by atoms with Crippen molar-refractivity contribution in [3.05, 3.63) is 39.5 Å². The molecule has 0 unspecified atom stereocenters. The van der Waals surface area contributed by atoms with Crippen molar-refractivity contribution in [1.29, 1.82) is 0 Å². The summed E-state index contributed by atoms with van der Waals surface area (Å²) in [7, 11) is 1.77. The number of ether oxygens (including phenoxy) is 1. The highest BCUT2D eigenvalue weighted by atomic mass is 127. The Kier molecular flexibility index (Phi) is 11.3. The van der Waals surface area contributed by atoms with Crippen LogP contribution in [-0.4, -0.2) is 36.1 Å². The van der Waals surface area contributed by atoms with E-state index >= 15 is 0 Å². The van der Waals surface area contributed by atoms with Gasteiger partial charge in [-0.1, -0.05) is 19.4 Å². The third-order valence-electron chi connectivity index (χ3n) is 3.96. The van der Waals surface area contributed by atoms with E-state index < -0.39 is 0 Å². The van der Waals surface area contributed by atoms with Crippen molar-refractivity contribution in [3.8, 4) is 5.88 Å². The number of unbranched alkanes of at least 4 members (excludes halogenated alkanes) is 1. The van der Waals surface area contributed by atoms with Gasteiger partial charge in [0.15, 0.2) is 5.96 Å². The van der Waals surface area contributed by atoms with Gasteiger partial charge in [-0.2, -0.15) is 0 Å². The number of halogens is 1. The van der Waals surface area contributed by atoms with Crippen molar-refractivity contribution in [1.82, 2.24) is 20.6 Å². The highest BCUT2D eigenvalue weighted by molar-refractivity contribution is 14.0. The molecule has 0 saturated carbocycles. The minimum atomic E-state index is 0. The minimum Gasteiger partial charge on any atom is -0.477 e. The van der Waals surface area contributed by atoms with E-state index in [0.29, 0.717) is 19.0 Å². The van der Waals surface area contributed by atoms with Crippen molar-refractivity contribution in [2.24, 2.45) is 4.99 Å². The van der Waals surface area contributed by atoms with Gasteiger partial charge in [0.2, 0.25) is 5.88 Å². The molecule has 8 heteroatoms. The van der Waals surface area contributed by atoms with Crippen molar-refractivity contribution in [2.45, 2.75) is 46.6 Å². The second-order valence-corrected chi connectivity index (χ2v) is 7.31. The summed E-state index contributed by atoms with van der Waals surface area (Å²) in [6, 6.07) is 3.95. The Hall–Kier alpha value is -1.42. The number of rotatable bonds is 9. The Balaban J connectivity index is 0.00000364. The zero-order valence-corrected chi connectivity index (χ0v) is 19.7. The molecular weight excluding hydrogens is 473 g/mol. The van der Waals surface area contributed by atoms with Crippen LogP contribution in [0.3, 0.4) is 0 Å². The highest BCUT2D eigenvalue weighted by Crippen LogP contribution is 2.16. The maximum Gasteiger partial charge on any atom is 0.218 e. The fourth-order valence-electron chi connectivity index (χ4n) is 2.34. The normalized spacial score (nSPS) is 11.0. The summed E-state index contributed by atoms with van der Waals surface area (Å²) in [4.78, 5) is 14.5. The topological polar surface area (TPSA) is 71.4 Å². The van der Waals surface area contributed by atoms with Crippen LogP contribution in [0.25, 0.3) is 0 Å². The SMILES string of the molecule is CCCCOc1ncccc1CNC(=NC)NCCc1nc(C)c(C)s1.I. The zero-order valence-electron chi connectivity index (χ0n) is 16.5. The van der Waals surface area contributed by atoms with Crippen LogP contribution >= 0.6 is 35.3 Å². The average molecular weight is 503 g/mol. The first kappa shape index (κ1) is 23.6. The number of hydrogen-bond acceptors (Lipinski definition) is 5. The molecule has 2 aromatic rings. The van der Waals surface area contributed by atoms with Gasteiger partial charge in [-0.25, -0.2) is 9.97 Å². The Morgan fingerprint density at radius 3 is 2.78 bits per heavy atom. The molecule has 2 rings (SSSR count). The number of guanidine groups is 1. The molecule has 0 fully saturated rings. The molecule has 27 heavy (non-hydrogen) atoms. The lowest BCUT2D eigenvalue weighted by Crippen LogP contribution is -2.38. The molecule has 0 aliphatic heterocycles. The lowest BCUT2D eigenvalue weighted by atomic mass is 10.2. The van der Waals surface area contributed by atoms with Gasteiger partial charge in [-0.05, 0) is 26.3 Å². The van der Waals surface area contributed by atoms with Crippen molar-refractivity contribution < 1.29 is 4.74 Å². The molecule has 0 aromatic carbocycles. The Labute approximate surface area is 183 Å². The van der Waals surface area contributed by atoms with Crippen LogP contribution in [0.5, 0.6) is 5.88 Å². The number of aromatic nitrogens is 2. The first-order chi connectivity index (χ1) is 12.6. The number of nitrogens with zero attached hydrogens (tertiary/aromatic N) is 3. The van der Waals surface area contributed by atoms with E-state index in [1.807, 2.05) is 12.1 Å². The van der Waals surface area contributed by atoms with E-state index in [-0.39, 0.29) is 24.0 Å². The molecule has 2 N–H and O–H groups in total. The molecule has 0 radical (unpaired) electrons. The van der Waals surface area contributed by atoms with Gasteiger partial charge in [-0.3, -0.25) is 4.99 Å². The fourth-order valence-corrected chi connectivity index (χ4v) is 3.27. The van der Waals surface area contributed by atoms with Crippen LogP contribution in [0, 0.1) is 13.8 Å². The summed E-state index contributed by atoms with van der Waals surface area (Å²) in [5.41, 5.74) is 2.15. The van der Waals surface area contributed by atoms with Crippen molar-refractivity contribution >= 4 is 41.3 Å². The quantitative estimate of drug-likeness (QED) is 0.235. The van der Waals surface area contributed by atoms with Crippen LogP contribution < -0.4 is 15.4 Å². The maximum absolute atomic E-state index is 5.78. The summed E-state index contributed by atoms with van der Waals surface area (Å²) in [6.07, 6.45) is 4.78. The average Bonchev–Trinajstić information content (AvgIpc) is 2.97. The smallest absolute Gasteiger partial charge is 0.218 e. The number of hydrogen-bond donors (Lipinski definition) is 2. The van der Waals surface area contributed by atoms with Crippen LogP contribution in [0.2, 0.25) is 0 Å². The molecule has 150 valence electrons. The zero-order chi connectivity index (χ0) is 18.8. The molecule has 0 spiro atoms. The van der Waals surface area contributed by atoms with E-state index in [1.54, 1.807) is 24.6 Å². The molecule has 0 aliphatic carbocycles. The van der Waals surface area contributed by atoms with Crippen LogP contribution in [0.1, 0.15) is 40.9 Å². The molecular formula is C19H30IN5OS. The molecule has 6 nitrogen and oxygen atoms in total. The first-order valence-corrected chi connectivity index (χ1v) is 9.89. The lowest BCUT2D eigenvalue weighted by Gasteiger charge is -2.13. The van der Waals surface area contributed by atoms with E-state index in [9.17, 15) is 0 Å². The van der Waals surface area contributed by atoms with Crippen LogP contribution in [0.15, 0.2) is 23.3 Å². The monoisotopic (exact) mass is 503 g/mol. The second kappa shape index (κ2) is 12.9. The van der Waals surface area contributed by atoms with Crippen LogP contribution in [-0.2, 0) is 13.0 Å². The van der Waals surface area contributed by atoms with Crippen molar-refractivity contribution in [2.75, 3.05) is 20.2 Å². The van der Waals surface area contributed by atoms with Gasteiger partial charge >= 0.3 is 0 Å². The van der Waals surface area contributed by atoms with E-state index in [4.69, 9.17) is 4.74 Å². The van der Waals surface area contributed by atoms with Crippen LogP contribution in [0.4, 0.5) is 0 Å². The molecule has 0 aliphatic rings. The van der Waals surface area contributed by atoms with E-state index in [2.05, 4.69) is 46.4 Å². The van der Waals surface area contributed by atoms with Crippen molar-refractivity contribution in [3.63, 3.8) is 0 Å². The number of aliphatic imine (C=N–C) groups is 1. The van der Waals surface area contributed by atoms with E-state index in [1.165, 1.54) is 4.88 Å². The molecule has 2 aromatic heterocycles. The van der Waals surface area contributed by atoms with Gasteiger partial charge in [0, 0.05) is 43.2 Å². The molecule has 0 bridgehead atoms. The Morgan fingerprint density at radius 2 is 2.11 bits per heavy atom. The summed E-state index contributed by atoms with van der Waals surface area (Å²) in [5.74, 6) is 1.45. The largest absolute Gasteiger partial charge is 0.477 e. The molecule has 0 amide bonds. The Morgan fingerprint density at radius 1 is 1.30 bits per heavy atom. The lowest BCUT2D eigenvalue weighted by molar-refractivity contribution is 0.294. The maximum atomic E-state index is 5.78. The molecule has 2 heterocycles. The van der Waals surface area contributed by atoms with Gasteiger partial charge < -0.3 is 15.4 Å². The second-order valence-electron chi connectivity index (χ2n) is 6.02. The predicted octanol–water partition coefficient (Wildman–Crippen LogP) is 3.86. The van der Waals surface area contributed by atoms with E-state index in [0.717, 1.165) is 48.0 Å². The highest BCUT2D eigenvalue weighted by Gasteiger charge is 2.07. The minimum absolute atomic E-state index is 0. The number of nitrogens with one attached hydrogen (secondary N) is 2. The fraction of sp³-hybridized carbons (Fsp3) is 0.526. The van der Waals surface area contributed by atoms with Gasteiger partial charge in [0.25, 0.3) is 0 Å². The Bertz CT molecular complexity index is 700. The molecule has 0 atom stereocenters. The van der Waals surface area contributed by atoms with Gasteiger partial charge in [0.05, 0.1) is 17.3 Å². The summed E-state index contributed by atoms with van der Waals surface area (Å²) < 4.78 is 5.78.